The number of aromatic nitrogens is 2. The smallest absolute Gasteiger partial charge is 0.303 e. The summed E-state index contributed by atoms with van der Waals surface area (Å²) in [5, 5.41) is 8.40. The molecular weight excluding hydrogens is 156 g/mol. The average molecular weight is 166 g/mol. The largest absolute Gasteiger partial charge is 0.481 e. The standard InChI is InChI=1S/C8H10N2O2/c1-6-9-5-4-7(10-6)2-3-8(11)12/h4-5H,2-3H2,1H3,(H,11,12). The first-order chi connectivity index (χ1) is 5.68. The first-order valence-corrected chi connectivity index (χ1v) is 3.69. The lowest BCUT2D eigenvalue weighted by molar-refractivity contribution is -0.136. The van der Waals surface area contributed by atoms with Crippen LogP contribution in [0.25, 0.3) is 0 Å². The molecular formula is C8H10N2O2. The monoisotopic (exact) mass is 166 g/mol. The van der Waals surface area contributed by atoms with Gasteiger partial charge in [-0.2, -0.15) is 0 Å². The van der Waals surface area contributed by atoms with Crippen molar-refractivity contribution in [2.75, 3.05) is 0 Å². The topological polar surface area (TPSA) is 63.1 Å². The Bertz CT molecular complexity index is 286. The summed E-state index contributed by atoms with van der Waals surface area (Å²) < 4.78 is 0. The number of aryl methyl sites for hydroxylation is 2. The van der Waals surface area contributed by atoms with Gasteiger partial charge in [0.15, 0.2) is 0 Å². The van der Waals surface area contributed by atoms with Crippen LogP contribution in [0.3, 0.4) is 0 Å². The van der Waals surface area contributed by atoms with Crippen LogP contribution in [0, 0.1) is 6.92 Å². The Morgan fingerprint density at radius 2 is 2.42 bits per heavy atom. The summed E-state index contributed by atoms with van der Waals surface area (Å²) in [6.45, 7) is 1.78. The normalized spacial score (nSPS) is 9.75. The molecule has 1 heterocycles. The maximum Gasteiger partial charge on any atom is 0.303 e. The quantitative estimate of drug-likeness (QED) is 0.721. The fourth-order valence-electron chi connectivity index (χ4n) is 0.879. The van der Waals surface area contributed by atoms with Gasteiger partial charge in [0.25, 0.3) is 0 Å². The van der Waals surface area contributed by atoms with E-state index in [1.54, 1.807) is 19.2 Å². The minimum absolute atomic E-state index is 0.121. The van der Waals surface area contributed by atoms with E-state index in [1.165, 1.54) is 0 Å². The van der Waals surface area contributed by atoms with E-state index in [4.69, 9.17) is 5.11 Å². The van der Waals surface area contributed by atoms with Crippen molar-refractivity contribution < 1.29 is 9.90 Å². The SMILES string of the molecule is Cc1nccc(CCC(=O)O)n1. The number of carbonyl (C=O) groups is 1. The summed E-state index contributed by atoms with van der Waals surface area (Å²) in [6, 6.07) is 1.73. The average Bonchev–Trinajstić information content (AvgIpc) is 2.01. The molecule has 0 spiro atoms. The van der Waals surface area contributed by atoms with Crippen molar-refractivity contribution in [3.8, 4) is 0 Å². The molecule has 0 atom stereocenters. The Labute approximate surface area is 70.3 Å². The highest BCUT2D eigenvalue weighted by Gasteiger charge is 1.99. The van der Waals surface area contributed by atoms with Crippen LogP contribution in [0.15, 0.2) is 12.3 Å². The highest BCUT2D eigenvalue weighted by atomic mass is 16.4. The van der Waals surface area contributed by atoms with Gasteiger partial charge in [-0.15, -0.1) is 0 Å². The van der Waals surface area contributed by atoms with Gasteiger partial charge in [0.05, 0.1) is 6.42 Å². The summed E-state index contributed by atoms with van der Waals surface area (Å²) in [6.07, 6.45) is 2.23. The first kappa shape index (κ1) is 8.64. The van der Waals surface area contributed by atoms with Crippen molar-refractivity contribution in [3.05, 3.63) is 23.8 Å². The highest BCUT2D eigenvalue weighted by Crippen LogP contribution is 1.98. The van der Waals surface area contributed by atoms with Gasteiger partial charge in [0.1, 0.15) is 5.82 Å². The van der Waals surface area contributed by atoms with Crippen LogP contribution in [0.1, 0.15) is 17.9 Å². The van der Waals surface area contributed by atoms with E-state index in [1.807, 2.05) is 0 Å². The molecule has 0 aromatic carbocycles. The zero-order chi connectivity index (χ0) is 8.97. The molecule has 0 aliphatic carbocycles. The van der Waals surface area contributed by atoms with Crippen molar-refractivity contribution in [3.63, 3.8) is 0 Å². The molecule has 1 aromatic heterocycles. The second-order valence-corrected chi connectivity index (χ2v) is 2.49. The van der Waals surface area contributed by atoms with Crippen molar-refractivity contribution >= 4 is 5.97 Å². The van der Waals surface area contributed by atoms with Crippen LogP contribution >= 0.6 is 0 Å². The van der Waals surface area contributed by atoms with Crippen LogP contribution in [-0.4, -0.2) is 21.0 Å². The lowest BCUT2D eigenvalue weighted by Crippen LogP contribution is -2.00. The number of carboxylic acid groups (broad SMARTS) is 1. The molecule has 4 heteroatoms. The van der Waals surface area contributed by atoms with Crippen molar-refractivity contribution in [2.24, 2.45) is 0 Å². The fourth-order valence-corrected chi connectivity index (χ4v) is 0.879. The molecule has 0 saturated heterocycles. The van der Waals surface area contributed by atoms with Crippen LogP contribution in [0.4, 0.5) is 0 Å². The van der Waals surface area contributed by atoms with Crippen molar-refractivity contribution in [2.45, 2.75) is 19.8 Å². The van der Waals surface area contributed by atoms with Gasteiger partial charge < -0.3 is 5.11 Å². The fraction of sp³-hybridized carbons (Fsp3) is 0.375. The molecule has 12 heavy (non-hydrogen) atoms. The van der Waals surface area contributed by atoms with E-state index in [9.17, 15) is 4.79 Å². The molecule has 0 saturated carbocycles. The zero-order valence-electron chi connectivity index (χ0n) is 6.82. The second-order valence-electron chi connectivity index (χ2n) is 2.49. The number of nitrogens with zero attached hydrogens (tertiary/aromatic N) is 2. The molecule has 0 amide bonds. The van der Waals surface area contributed by atoms with Gasteiger partial charge in [-0.25, -0.2) is 9.97 Å². The second kappa shape index (κ2) is 3.80. The van der Waals surface area contributed by atoms with Crippen molar-refractivity contribution in [1.29, 1.82) is 0 Å². The summed E-state index contributed by atoms with van der Waals surface area (Å²) in [5.74, 6) is -0.121. The van der Waals surface area contributed by atoms with Crippen molar-refractivity contribution in [1.82, 2.24) is 9.97 Å². The molecule has 0 bridgehead atoms. The maximum absolute atomic E-state index is 10.2. The molecule has 0 fully saturated rings. The maximum atomic E-state index is 10.2. The molecule has 0 aliphatic heterocycles. The Kier molecular flexibility index (Phi) is 2.74. The predicted octanol–water partition coefficient (Wildman–Crippen LogP) is 0.802. The first-order valence-electron chi connectivity index (χ1n) is 3.69. The molecule has 4 nitrogen and oxygen atoms in total. The lowest BCUT2D eigenvalue weighted by Gasteiger charge is -1.97. The van der Waals surface area contributed by atoms with E-state index in [2.05, 4.69) is 9.97 Å². The van der Waals surface area contributed by atoms with Gasteiger partial charge >= 0.3 is 5.97 Å². The predicted molar refractivity (Wildman–Crippen MR) is 42.7 cm³/mol. The van der Waals surface area contributed by atoms with Gasteiger partial charge in [-0.05, 0) is 13.0 Å². The van der Waals surface area contributed by atoms with Crippen LogP contribution < -0.4 is 0 Å². The molecule has 1 N–H and O–H groups in total. The number of aliphatic carboxylic acids is 1. The van der Waals surface area contributed by atoms with Gasteiger partial charge in [-0.1, -0.05) is 0 Å². The van der Waals surface area contributed by atoms with E-state index in [0.29, 0.717) is 12.2 Å². The molecule has 0 radical (unpaired) electrons. The Morgan fingerprint density at radius 3 is 3.00 bits per heavy atom. The number of rotatable bonds is 3. The Balaban J connectivity index is 2.57. The molecule has 0 unspecified atom stereocenters. The van der Waals surface area contributed by atoms with E-state index in [0.717, 1.165) is 5.69 Å². The highest BCUT2D eigenvalue weighted by molar-refractivity contribution is 5.66. The number of hydrogen-bond donors (Lipinski definition) is 1. The molecule has 1 aromatic rings. The third-order valence-corrected chi connectivity index (χ3v) is 1.43. The minimum Gasteiger partial charge on any atom is -0.481 e. The lowest BCUT2D eigenvalue weighted by atomic mass is 10.2. The summed E-state index contributed by atoms with van der Waals surface area (Å²) >= 11 is 0. The number of hydrogen-bond acceptors (Lipinski definition) is 3. The molecule has 64 valence electrons. The van der Waals surface area contributed by atoms with E-state index < -0.39 is 5.97 Å². The molecule has 1 rings (SSSR count). The summed E-state index contributed by atoms with van der Waals surface area (Å²) in [7, 11) is 0. The van der Waals surface area contributed by atoms with Crippen LogP contribution in [0.5, 0.6) is 0 Å². The summed E-state index contributed by atoms with van der Waals surface area (Å²) in [5.41, 5.74) is 0.782. The third kappa shape index (κ3) is 2.65. The minimum atomic E-state index is -0.800. The Hall–Kier alpha value is -1.45. The van der Waals surface area contributed by atoms with Gasteiger partial charge in [0, 0.05) is 18.3 Å². The van der Waals surface area contributed by atoms with Crippen LogP contribution in [0.2, 0.25) is 0 Å². The third-order valence-electron chi connectivity index (χ3n) is 1.43. The Morgan fingerprint density at radius 1 is 1.67 bits per heavy atom. The molecule has 0 aliphatic rings. The number of carboxylic acids is 1. The zero-order valence-corrected chi connectivity index (χ0v) is 6.82. The summed E-state index contributed by atoms with van der Waals surface area (Å²) in [4.78, 5) is 18.2. The van der Waals surface area contributed by atoms with Crippen LogP contribution in [-0.2, 0) is 11.2 Å². The van der Waals surface area contributed by atoms with E-state index >= 15 is 0 Å². The van der Waals surface area contributed by atoms with Gasteiger partial charge in [-0.3, -0.25) is 4.79 Å². The van der Waals surface area contributed by atoms with Gasteiger partial charge in [0.2, 0.25) is 0 Å². The van der Waals surface area contributed by atoms with E-state index in [-0.39, 0.29) is 6.42 Å².